The van der Waals surface area contributed by atoms with Gasteiger partial charge in [-0.25, -0.2) is 0 Å². The largest absolute Gasteiger partial charge is 0.469 e. The Morgan fingerprint density at radius 2 is 2.00 bits per heavy atom. The summed E-state index contributed by atoms with van der Waals surface area (Å²) in [5.74, 6) is 2.71. The molecule has 2 aliphatic carbocycles. The van der Waals surface area contributed by atoms with Gasteiger partial charge in [0.05, 0.1) is 6.26 Å². The molecule has 3 rings (SSSR count). The maximum atomic E-state index is 5.69. The van der Waals surface area contributed by atoms with Gasteiger partial charge < -0.3 is 4.42 Å². The smallest absolute Gasteiger partial charge is 0.107 e. The van der Waals surface area contributed by atoms with Crippen molar-refractivity contribution in [2.75, 3.05) is 0 Å². The van der Waals surface area contributed by atoms with Gasteiger partial charge in [-0.2, -0.15) is 0 Å². The molecule has 1 heteroatoms. The van der Waals surface area contributed by atoms with E-state index in [1.54, 1.807) is 0 Å². The van der Waals surface area contributed by atoms with Crippen molar-refractivity contribution in [1.29, 1.82) is 0 Å². The molecule has 0 radical (unpaired) electrons. The lowest BCUT2D eigenvalue weighted by molar-refractivity contribution is 0.0305. The van der Waals surface area contributed by atoms with Crippen LogP contribution in [0.1, 0.15) is 57.8 Å². The molecule has 0 aliphatic heterocycles. The standard InChI is InChI=1S/C15H22O/c1-10-5-7-14(3)11(2)12-6-8-16-13(12)9-15(10,14)4/h6,8,10-11H,5,7,9H2,1-4H3. The van der Waals surface area contributed by atoms with Gasteiger partial charge in [-0.3, -0.25) is 0 Å². The van der Waals surface area contributed by atoms with E-state index in [0.717, 1.165) is 12.3 Å². The number of hydrogen-bond donors (Lipinski definition) is 0. The molecule has 2 aliphatic rings. The fraction of sp³-hybridized carbons (Fsp3) is 0.733. The number of fused-ring (bicyclic) bond motifs is 2. The SMILES string of the molecule is CC1CCC2(C)C(C)c3ccoc3CC12C. The van der Waals surface area contributed by atoms with Crippen LogP contribution in [0.25, 0.3) is 0 Å². The molecule has 4 unspecified atom stereocenters. The van der Waals surface area contributed by atoms with E-state index in [2.05, 4.69) is 33.8 Å². The van der Waals surface area contributed by atoms with Gasteiger partial charge in [0.1, 0.15) is 5.76 Å². The first-order chi connectivity index (χ1) is 7.49. The van der Waals surface area contributed by atoms with Gasteiger partial charge in [0.2, 0.25) is 0 Å². The Balaban J connectivity index is 2.16. The van der Waals surface area contributed by atoms with Crippen molar-refractivity contribution in [3.8, 4) is 0 Å². The third-order valence-corrected chi connectivity index (χ3v) is 6.22. The van der Waals surface area contributed by atoms with Crippen LogP contribution in [0.3, 0.4) is 0 Å². The lowest BCUT2D eigenvalue weighted by atomic mass is 9.53. The lowest BCUT2D eigenvalue weighted by Gasteiger charge is -2.50. The van der Waals surface area contributed by atoms with Crippen LogP contribution in [-0.4, -0.2) is 0 Å². The van der Waals surface area contributed by atoms with Crippen LogP contribution in [0, 0.1) is 16.7 Å². The highest BCUT2D eigenvalue weighted by molar-refractivity contribution is 5.32. The normalized spacial score (nSPS) is 46.5. The van der Waals surface area contributed by atoms with Crippen LogP contribution in [0.4, 0.5) is 0 Å². The van der Waals surface area contributed by atoms with E-state index in [1.807, 2.05) is 6.26 Å². The third kappa shape index (κ3) is 0.977. The van der Waals surface area contributed by atoms with Gasteiger partial charge in [0, 0.05) is 6.42 Å². The van der Waals surface area contributed by atoms with E-state index in [0.29, 0.717) is 16.7 Å². The van der Waals surface area contributed by atoms with Gasteiger partial charge in [-0.1, -0.05) is 27.7 Å². The second-order valence-electron chi connectivity index (χ2n) is 6.47. The van der Waals surface area contributed by atoms with Crippen LogP contribution in [0.2, 0.25) is 0 Å². The summed E-state index contributed by atoms with van der Waals surface area (Å²) >= 11 is 0. The maximum Gasteiger partial charge on any atom is 0.107 e. The van der Waals surface area contributed by atoms with Crippen molar-refractivity contribution in [2.24, 2.45) is 16.7 Å². The number of furan rings is 1. The van der Waals surface area contributed by atoms with Crippen LogP contribution in [0.5, 0.6) is 0 Å². The molecule has 88 valence electrons. The van der Waals surface area contributed by atoms with Crippen LogP contribution in [0.15, 0.2) is 16.7 Å². The van der Waals surface area contributed by atoms with Gasteiger partial charge in [0.25, 0.3) is 0 Å². The average Bonchev–Trinajstić information content (AvgIpc) is 2.78. The van der Waals surface area contributed by atoms with Crippen LogP contribution < -0.4 is 0 Å². The minimum Gasteiger partial charge on any atom is -0.469 e. The zero-order valence-electron chi connectivity index (χ0n) is 10.8. The van der Waals surface area contributed by atoms with Crippen molar-refractivity contribution in [3.05, 3.63) is 23.7 Å². The Bertz CT molecular complexity index is 417. The molecule has 16 heavy (non-hydrogen) atoms. The zero-order valence-corrected chi connectivity index (χ0v) is 10.8. The number of rotatable bonds is 0. The minimum atomic E-state index is 0.428. The Morgan fingerprint density at radius 1 is 1.25 bits per heavy atom. The summed E-state index contributed by atoms with van der Waals surface area (Å²) in [5.41, 5.74) is 2.36. The van der Waals surface area contributed by atoms with Crippen molar-refractivity contribution < 1.29 is 4.42 Å². The molecule has 1 nitrogen and oxygen atoms in total. The molecule has 1 aromatic heterocycles. The highest BCUT2D eigenvalue weighted by Crippen LogP contribution is 2.66. The molecule has 1 aromatic rings. The van der Waals surface area contributed by atoms with Crippen molar-refractivity contribution in [3.63, 3.8) is 0 Å². The topological polar surface area (TPSA) is 13.1 Å². The molecule has 0 N–H and O–H groups in total. The van der Waals surface area contributed by atoms with Crippen molar-refractivity contribution in [1.82, 2.24) is 0 Å². The summed E-state index contributed by atoms with van der Waals surface area (Å²) in [6.07, 6.45) is 5.76. The Kier molecular flexibility index (Phi) is 1.92. The first-order valence-corrected chi connectivity index (χ1v) is 6.55. The highest BCUT2D eigenvalue weighted by atomic mass is 16.3. The molecule has 0 aromatic carbocycles. The van der Waals surface area contributed by atoms with E-state index in [9.17, 15) is 0 Å². The first kappa shape index (κ1) is 10.4. The lowest BCUT2D eigenvalue weighted by Crippen LogP contribution is -2.44. The predicted octanol–water partition coefficient (Wildman–Crippen LogP) is 4.38. The predicted molar refractivity (Wildman–Crippen MR) is 65.4 cm³/mol. The zero-order chi connectivity index (χ0) is 11.6. The fourth-order valence-electron chi connectivity index (χ4n) is 4.33. The van der Waals surface area contributed by atoms with E-state index in [1.165, 1.54) is 24.2 Å². The summed E-state index contributed by atoms with van der Waals surface area (Å²) < 4.78 is 5.69. The summed E-state index contributed by atoms with van der Waals surface area (Å²) in [6.45, 7) is 9.79. The summed E-state index contributed by atoms with van der Waals surface area (Å²) in [7, 11) is 0. The summed E-state index contributed by atoms with van der Waals surface area (Å²) in [5, 5.41) is 0. The Morgan fingerprint density at radius 3 is 2.75 bits per heavy atom. The summed E-state index contributed by atoms with van der Waals surface area (Å²) in [4.78, 5) is 0. The van der Waals surface area contributed by atoms with Gasteiger partial charge in [-0.05, 0) is 47.1 Å². The fourth-order valence-corrected chi connectivity index (χ4v) is 4.33. The first-order valence-electron chi connectivity index (χ1n) is 6.55. The third-order valence-electron chi connectivity index (χ3n) is 6.22. The monoisotopic (exact) mass is 218 g/mol. The van der Waals surface area contributed by atoms with E-state index in [4.69, 9.17) is 4.42 Å². The van der Waals surface area contributed by atoms with E-state index < -0.39 is 0 Å². The summed E-state index contributed by atoms with van der Waals surface area (Å²) in [6, 6.07) is 2.19. The molecule has 0 saturated heterocycles. The molecular weight excluding hydrogens is 196 g/mol. The maximum absolute atomic E-state index is 5.69. The van der Waals surface area contributed by atoms with Gasteiger partial charge in [-0.15, -0.1) is 0 Å². The molecule has 4 atom stereocenters. The average molecular weight is 218 g/mol. The molecule has 0 bridgehead atoms. The van der Waals surface area contributed by atoms with Crippen molar-refractivity contribution in [2.45, 2.75) is 52.9 Å². The Labute approximate surface area is 98.2 Å². The molecule has 1 fully saturated rings. The van der Waals surface area contributed by atoms with E-state index >= 15 is 0 Å². The Hall–Kier alpha value is -0.720. The quantitative estimate of drug-likeness (QED) is 0.629. The molecule has 1 heterocycles. The van der Waals surface area contributed by atoms with E-state index in [-0.39, 0.29) is 0 Å². The minimum absolute atomic E-state index is 0.428. The van der Waals surface area contributed by atoms with Gasteiger partial charge >= 0.3 is 0 Å². The number of hydrogen-bond acceptors (Lipinski definition) is 1. The molecule has 0 spiro atoms. The highest BCUT2D eigenvalue weighted by Gasteiger charge is 2.58. The van der Waals surface area contributed by atoms with Crippen molar-refractivity contribution >= 4 is 0 Å². The molecule has 1 saturated carbocycles. The second-order valence-corrected chi connectivity index (χ2v) is 6.47. The van der Waals surface area contributed by atoms with Crippen LogP contribution >= 0.6 is 0 Å². The second kappa shape index (κ2) is 2.94. The van der Waals surface area contributed by atoms with Crippen LogP contribution in [-0.2, 0) is 6.42 Å². The van der Waals surface area contributed by atoms with Gasteiger partial charge in [0.15, 0.2) is 0 Å². The molecular formula is C15H22O. The molecule has 0 amide bonds.